The Morgan fingerprint density at radius 2 is 1.00 bits per heavy atom. The van der Waals surface area contributed by atoms with Crippen LogP contribution < -0.4 is 20.7 Å². The lowest BCUT2D eigenvalue weighted by Crippen LogP contribution is -2.69. The van der Waals surface area contributed by atoms with Gasteiger partial charge in [0.25, 0.3) is 16.6 Å². The minimum absolute atomic E-state index is 0.0917. The highest BCUT2D eigenvalue weighted by Gasteiger charge is 2.55. The van der Waals surface area contributed by atoms with Crippen molar-refractivity contribution < 1.29 is 13.6 Å². The molecule has 0 saturated carbocycles. The molecule has 1 aliphatic heterocycles. The van der Waals surface area contributed by atoms with Crippen molar-refractivity contribution >= 4 is 37.4 Å². The summed E-state index contributed by atoms with van der Waals surface area (Å²) in [6.45, 7) is 18.5. The summed E-state index contributed by atoms with van der Waals surface area (Å²) in [6.07, 6.45) is 2.20. The molecule has 0 aliphatic carbocycles. The van der Waals surface area contributed by atoms with Crippen molar-refractivity contribution in [1.29, 1.82) is 0 Å². The van der Waals surface area contributed by atoms with Crippen LogP contribution in [0.3, 0.4) is 0 Å². The third-order valence-electron chi connectivity index (χ3n) is 9.12. The SMILES string of the molecule is C=C[C@H]1C[C@H](O[Si](c2ccccc2)(c2ccccc2)C(C)(C)C)[C@@H](CO[Si](c2ccccc2)(c2ccccc2)C(C)(C)C)O1. The van der Waals surface area contributed by atoms with Gasteiger partial charge >= 0.3 is 0 Å². The van der Waals surface area contributed by atoms with Gasteiger partial charge in [-0.1, -0.05) is 169 Å². The second-order valence-electron chi connectivity index (χ2n) is 14.0. The molecule has 3 nitrogen and oxygen atoms in total. The molecule has 0 spiro atoms. The Morgan fingerprint density at radius 3 is 1.34 bits per heavy atom. The molecule has 1 saturated heterocycles. The highest BCUT2D eigenvalue weighted by Crippen LogP contribution is 2.41. The Hall–Kier alpha value is -3.07. The van der Waals surface area contributed by atoms with Crippen LogP contribution in [0.25, 0.3) is 0 Å². The van der Waals surface area contributed by atoms with Crippen LogP contribution in [0.15, 0.2) is 134 Å². The van der Waals surface area contributed by atoms with E-state index in [1.54, 1.807) is 0 Å². The zero-order chi connectivity index (χ0) is 31.4. The summed E-state index contributed by atoms with van der Waals surface area (Å²) in [4.78, 5) is 0. The van der Waals surface area contributed by atoms with Gasteiger partial charge in [0.1, 0.15) is 6.10 Å². The van der Waals surface area contributed by atoms with Gasteiger partial charge in [-0.05, 0) is 30.8 Å². The van der Waals surface area contributed by atoms with E-state index >= 15 is 0 Å². The minimum atomic E-state index is -2.80. The molecule has 1 fully saturated rings. The second-order valence-corrected chi connectivity index (χ2v) is 22.5. The van der Waals surface area contributed by atoms with Crippen LogP contribution in [0.2, 0.25) is 10.1 Å². The molecule has 1 heterocycles. The number of rotatable bonds is 10. The molecule has 0 N–H and O–H groups in total. The maximum absolute atomic E-state index is 7.64. The number of benzene rings is 4. The van der Waals surface area contributed by atoms with Crippen molar-refractivity contribution in [2.45, 2.75) is 76.4 Å². The number of hydrogen-bond acceptors (Lipinski definition) is 3. The molecule has 44 heavy (non-hydrogen) atoms. The summed E-state index contributed by atoms with van der Waals surface area (Å²) in [5.74, 6) is 0. The second kappa shape index (κ2) is 13.1. The molecule has 3 atom stereocenters. The minimum Gasteiger partial charge on any atom is -0.405 e. The van der Waals surface area contributed by atoms with Crippen LogP contribution in [-0.4, -0.2) is 41.6 Å². The highest BCUT2D eigenvalue weighted by atomic mass is 28.4. The molecule has 4 aromatic carbocycles. The van der Waals surface area contributed by atoms with Gasteiger partial charge in [-0.25, -0.2) is 0 Å². The monoisotopic (exact) mass is 620 g/mol. The third kappa shape index (κ3) is 6.09. The van der Waals surface area contributed by atoms with Crippen molar-refractivity contribution in [3.63, 3.8) is 0 Å². The van der Waals surface area contributed by atoms with Gasteiger partial charge < -0.3 is 13.6 Å². The molecule has 0 aromatic heterocycles. The Kier molecular flexibility index (Phi) is 9.64. The van der Waals surface area contributed by atoms with Gasteiger partial charge in [0, 0.05) is 6.42 Å². The molecule has 0 radical (unpaired) electrons. The summed E-state index contributed by atoms with van der Waals surface area (Å²) >= 11 is 0. The van der Waals surface area contributed by atoms with Crippen LogP contribution in [0.4, 0.5) is 0 Å². The maximum atomic E-state index is 7.64. The van der Waals surface area contributed by atoms with Gasteiger partial charge in [-0.3, -0.25) is 0 Å². The van der Waals surface area contributed by atoms with E-state index in [9.17, 15) is 0 Å². The maximum Gasteiger partial charge on any atom is 0.261 e. The Labute approximate surface area is 267 Å². The van der Waals surface area contributed by atoms with E-state index in [-0.39, 0.29) is 28.4 Å². The van der Waals surface area contributed by atoms with E-state index in [4.69, 9.17) is 13.6 Å². The average molecular weight is 621 g/mol. The van der Waals surface area contributed by atoms with Gasteiger partial charge in [0.05, 0.1) is 18.8 Å². The van der Waals surface area contributed by atoms with Crippen LogP contribution >= 0.6 is 0 Å². The van der Waals surface area contributed by atoms with Crippen LogP contribution in [0.5, 0.6) is 0 Å². The van der Waals surface area contributed by atoms with Crippen molar-refractivity contribution in [2.75, 3.05) is 6.61 Å². The van der Waals surface area contributed by atoms with Gasteiger partial charge in [0.15, 0.2) is 0 Å². The molecule has 5 rings (SSSR count). The summed E-state index contributed by atoms with van der Waals surface area (Å²) in [7, 11) is -5.55. The van der Waals surface area contributed by atoms with Gasteiger partial charge in [-0.15, -0.1) is 6.58 Å². The van der Waals surface area contributed by atoms with Crippen molar-refractivity contribution in [3.8, 4) is 0 Å². The fraction of sp³-hybridized carbons (Fsp3) is 0.333. The molecule has 0 amide bonds. The molecule has 4 aromatic rings. The molecule has 0 unspecified atom stereocenters. The molecule has 0 bridgehead atoms. The molecule has 1 aliphatic rings. The van der Waals surface area contributed by atoms with E-state index < -0.39 is 16.6 Å². The fourth-order valence-corrected chi connectivity index (χ4v) is 16.3. The lowest BCUT2D eigenvalue weighted by molar-refractivity contribution is -0.00184. The number of hydrogen-bond donors (Lipinski definition) is 0. The summed E-state index contributed by atoms with van der Waals surface area (Å²) in [5, 5.41) is 4.81. The predicted octanol–water partition coefficient (Wildman–Crippen LogP) is 6.85. The van der Waals surface area contributed by atoms with Crippen molar-refractivity contribution in [1.82, 2.24) is 0 Å². The quantitative estimate of drug-likeness (QED) is 0.143. The molecular weight excluding hydrogens is 573 g/mol. The van der Waals surface area contributed by atoms with Crippen LogP contribution in [0, 0.1) is 0 Å². The lowest BCUT2D eigenvalue weighted by Gasteiger charge is -2.46. The lowest BCUT2D eigenvalue weighted by atomic mass is 10.1. The van der Waals surface area contributed by atoms with E-state index in [0.717, 1.165) is 6.42 Å². The Morgan fingerprint density at radius 1 is 0.636 bits per heavy atom. The van der Waals surface area contributed by atoms with E-state index in [1.807, 2.05) is 6.08 Å². The number of ether oxygens (including phenoxy) is 1. The van der Waals surface area contributed by atoms with E-state index in [1.165, 1.54) is 20.7 Å². The average Bonchev–Trinajstić information content (AvgIpc) is 3.42. The first-order valence-electron chi connectivity index (χ1n) is 15.8. The van der Waals surface area contributed by atoms with Gasteiger partial charge in [0.2, 0.25) is 0 Å². The predicted molar refractivity (Wildman–Crippen MR) is 190 cm³/mol. The van der Waals surface area contributed by atoms with Crippen LogP contribution in [-0.2, 0) is 13.6 Å². The van der Waals surface area contributed by atoms with Crippen molar-refractivity contribution in [2.24, 2.45) is 0 Å². The zero-order valence-electron chi connectivity index (χ0n) is 27.2. The third-order valence-corrected chi connectivity index (χ3v) is 19.2. The Balaban J connectivity index is 1.58. The topological polar surface area (TPSA) is 27.7 Å². The summed E-state index contributed by atoms with van der Waals surface area (Å²) < 4.78 is 21.8. The fourth-order valence-electron chi connectivity index (χ4n) is 7.06. The van der Waals surface area contributed by atoms with Crippen molar-refractivity contribution in [3.05, 3.63) is 134 Å². The van der Waals surface area contributed by atoms with Gasteiger partial charge in [-0.2, -0.15) is 0 Å². The highest BCUT2D eigenvalue weighted by molar-refractivity contribution is 7.00. The van der Waals surface area contributed by atoms with Crippen LogP contribution in [0.1, 0.15) is 48.0 Å². The molecule has 5 heteroatoms. The normalized spacial score (nSPS) is 19.5. The summed E-state index contributed by atoms with van der Waals surface area (Å²) in [6, 6.07) is 43.3. The van der Waals surface area contributed by atoms with E-state index in [2.05, 4.69) is 169 Å². The Bertz CT molecular complexity index is 1400. The zero-order valence-corrected chi connectivity index (χ0v) is 29.2. The summed E-state index contributed by atoms with van der Waals surface area (Å²) in [5.41, 5.74) is 0. The smallest absolute Gasteiger partial charge is 0.261 e. The largest absolute Gasteiger partial charge is 0.405 e. The first kappa shape index (κ1) is 32.3. The first-order valence-corrected chi connectivity index (χ1v) is 19.7. The molecule has 230 valence electrons. The van der Waals surface area contributed by atoms with E-state index in [0.29, 0.717) is 6.61 Å². The first-order chi connectivity index (χ1) is 21.0. The molecular formula is C39H48O3Si2. The standard InChI is InChI=1S/C39H48O3Si2/c1-8-31-29-36(42-44(39(5,6)7,34-25-17-11-18-26-34)35-27-19-12-20-28-35)37(41-31)30-40-43(38(2,3)4,32-21-13-9-14-22-32)33-23-15-10-16-24-33/h8-28,31,36-37H,1,29-30H2,2-7H3/t31-,36-,37+/m0/s1.